The second kappa shape index (κ2) is 8.01. The molecule has 4 heteroatoms. The van der Waals surface area contributed by atoms with Crippen LogP contribution in [-0.4, -0.2) is 25.9 Å². The van der Waals surface area contributed by atoms with E-state index in [0.29, 0.717) is 6.10 Å². The van der Waals surface area contributed by atoms with E-state index in [1.807, 2.05) is 6.07 Å². The standard InChI is InChI=1S/C16H24BrNO2/c1-3-18-11-12-6-4-9-15(17)16(12)20-14-8-5-7-13(10-14)19-2/h4,6,9,13-14,18H,3,5,7-8,10-11H2,1-2H3. The Hall–Kier alpha value is -0.580. The Bertz CT molecular complexity index is 425. The monoisotopic (exact) mass is 341 g/mol. The first-order chi connectivity index (χ1) is 9.74. The molecule has 0 radical (unpaired) electrons. The number of benzene rings is 1. The Morgan fingerprint density at radius 1 is 1.30 bits per heavy atom. The fourth-order valence-electron chi connectivity index (χ4n) is 2.67. The minimum Gasteiger partial charge on any atom is -0.489 e. The zero-order chi connectivity index (χ0) is 14.4. The van der Waals surface area contributed by atoms with Gasteiger partial charge in [-0.3, -0.25) is 0 Å². The molecule has 3 nitrogen and oxygen atoms in total. The first kappa shape index (κ1) is 15.8. The number of ether oxygens (including phenoxy) is 2. The van der Waals surface area contributed by atoms with Crippen LogP contribution in [0.2, 0.25) is 0 Å². The normalized spacial score (nSPS) is 22.8. The Balaban J connectivity index is 2.07. The lowest BCUT2D eigenvalue weighted by Crippen LogP contribution is -2.30. The molecule has 0 aromatic heterocycles. The molecular weight excluding hydrogens is 318 g/mol. The van der Waals surface area contributed by atoms with Gasteiger partial charge in [-0.25, -0.2) is 0 Å². The highest BCUT2D eigenvalue weighted by Crippen LogP contribution is 2.33. The van der Waals surface area contributed by atoms with E-state index in [4.69, 9.17) is 9.47 Å². The van der Waals surface area contributed by atoms with Crippen LogP contribution in [-0.2, 0) is 11.3 Å². The topological polar surface area (TPSA) is 30.5 Å². The molecule has 1 aromatic carbocycles. The number of hydrogen-bond acceptors (Lipinski definition) is 3. The van der Waals surface area contributed by atoms with Crippen molar-refractivity contribution < 1.29 is 9.47 Å². The molecular formula is C16H24BrNO2. The van der Waals surface area contributed by atoms with Crippen LogP contribution in [0.25, 0.3) is 0 Å². The van der Waals surface area contributed by atoms with Gasteiger partial charge < -0.3 is 14.8 Å². The molecule has 1 saturated carbocycles. The highest BCUT2D eigenvalue weighted by molar-refractivity contribution is 9.10. The van der Waals surface area contributed by atoms with E-state index < -0.39 is 0 Å². The van der Waals surface area contributed by atoms with Crippen LogP contribution in [0, 0.1) is 0 Å². The Labute approximate surface area is 130 Å². The Kier molecular flexibility index (Phi) is 6.33. The molecule has 1 fully saturated rings. The summed E-state index contributed by atoms with van der Waals surface area (Å²) in [6.45, 7) is 3.91. The van der Waals surface area contributed by atoms with Gasteiger partial charge in [-0.2, -0.15) is 0 Å². The summed E-state index contributed by atoms with van der Waals surface area (Å²) in [4.78, 5) is 0. The van der Waals surface area contributed by atoms with E-state index in [-0.39, 0.29) is 6.10 Å². The van der Waals surface area contributed by atoms with Crippen LogP contribution in [0.5, 0.6) is 5.75 Å². The van der Waals surface area contributed by atoms with Crippen LogP contribution in [0.4, 0.5) is 0 Å². The van der Waals surface area contributed by atoms with Crippen molar-refractivity contribution in [2.45, 2.75) is 51.4 Å². The molecule has 0 bridgehead atoms. The summed E-state index contributed by atoms with van der Waals surface area (Å²) < 4.78 is 12.8. The summed E-state index contributed by atoms with van der Waals surface area (Å²) in [5, 5.41) is 3.36. The number of nitrogens with one attached hydrogen (secondary N) is 1. The van der Waals surface area contributed by atoms with E-state index in [9.17, 15) is 0 Å². The van der Waals surface area contributed by atoms with Gasteiger partial charge >= 0.3 is 0 Å². The van der Waals surface area contributed by atoms with Gasteiger partial charge in [-0.1, -0.05) is 19.1 Å². The lowest BCUT2D eigenvalue weighted by molar-refractivity contribution is 0.0204. The van der Waals surface area contributed by atoms with Crippen molar-refractivity contribution in [3.8, 4) is 5.75 Å². The Morgan fingerprint density at radius 3 is 2.85 bits per heavy atom. The highest BCUT2D eigenvalue weighted by atomic mass is 79.9. The maximum atomic E-state index is 6.28. The van der Waals surface area contributed by atoms with Crippen molar-refractivity contribution in [1.29, 1.82) is 0 Å². The SMILES string of the molecule is CCNCc1cccc(Br)c1OC1CCCC(OC)C1. The van der Waals surface area contributed by atoms with Gasteiger partial charge in [-0.05, 0) is 47.8 Å². The lowest BCUT2D eigenvalue weighted by Gasteiger charge is -2.29. The molecule has 2 unspecified atom stereocenters. The number of halogens is 1. The van der Waals surface area contributed by atoms with Gasteiger partial charge in [0.15, 0.2) is 0 Å². The molecule has 2 atom stereocenters. The molecule has 1 aliphatic rings. The third-order valence-electron chi connectivity index (χ3n) is 3.81. The van der Waals surface area contributed by atoms with Crippen LogP contribution in [0.15, 0.2) is 22.7 Å². The van der Waals surface area contributed by atoms with E-state index >= 15 is 0 Å². The molecule has 0 aliphatic heterocycles. The summed E-state index contributed by atoms with van der Waals surface area (Å²) in [7, 11) is 1.79. The quantitative estimate of drug-likeness (QED) is 0.851. The van der Waals surface area contributed by atoms with E-state index in [1.54, 1.807) is 7.11 Å². The molecule has 0 saturated heterocycles. The molecule has 1 N–H and O–H groups in total. The summed E-state index contributed by atoms with van der Waals surface area (Å²) in [6.07, 6.45) is 5.02. The zero-order valence-corrected chi connectivity index (χ0v) is 13.9. The van der Waals surface area contributed by atoms with Crippen molar-refractivity contribution >= 4 is 15.9 Å². The number of rotatable bonds is 6. The predicted molar refractivity (Wildman–Crippen MR) is 85.2 cm³/mol. The first-order valence-electron chi connectivity index (χ1n) is 7.42. The van der Waals surface area contributed by atoms with Crippen molar-refractivity contribution in [2.24, 2.45) is 0 Å². The maximum absolute atomic E-state index is 6.28. The summed E-state index contributed by atoms with van der Waals surface area (Å²) in [6, 6.07) is 6.23. The fraction of sp³-hybridized carbons (Fsp3) is 0.625. The molecule has 112 valence electrons. The Morgan fingerprint density at radius 2 is 2.10 bits per heavy atom. The molecule has 1 aromatic rings. The van der Waals surface area contributed by atoms with Crippen LogP contribution in [0.1, 0.15) is 38.2 Å². The van der Waals surface area contributed by atoms with Crippen molar-refractivity contribution in [3.63, 3.8) is 0 Å². The number of para-hydroxylation sites is 1. The lowest BCUT2D eigenvalue weighted by atomic mass is 9.95. The van der Waals surface area contributed by atoms with E-state index in [0.717, 1.165) is 42.6 Å². The van der Waals surface area contributed by atoms with E-state index in [1.165, 1.54) is 12.0 Å². The molecule has 0 amide bonds. The van der Waals surface area contributed by atoms with Gasteiger partial charge in [0, 0.05) is 25.6 Å². The average molecular weight is 342 g/mol. The molecule has 0 heterocycles. The van der Waals surface area contributed by atoms with Crippen LogP contribution in [0.3, 0.4) is 0 Å². The second-order valence-electron chi connectivity index (χ2n) is 5.27. The average Bonchev–Trinajstić information content (AvgIpc) is 2.48. The summed E-state index contributed by atoms with van der Waals surface area (Å²) >= 11 is 3.61. The summed E-state index contributed by atoms with van der Waals surface area (Å²) in [5.41, 5.74) is 1.21. The minimum atomic E-state index is 0.257. The zero-order valence-electron chi connectivity index (χ0n) is 12.3. The predicted octanol–water partition coefficient (Wildman–Crippen LogP) is 3.90. The maximum Gasteiger partial charge on any atom is 0.138 e. The minimum absolute atomic E-state index is 0.257. The molecule has 20 heavy (non-hydrogen) atoms. The smallest absolute Gasteiger partial charge is 0.138 e. The van der Waals surface area contributed by atoms with Gasteiger partial charge in [-0.15, -0.1) is 0 Å². The van der Waals surface area contributed by atoms with Crippen LogP contribution >= 0.6 is 15.9 Å². The van der Waals surface area contributed by atoms with Crippen molar-refractivity contribution in [2.75, 3.05) is 13.7 Å². The van der Waals surface area contributed by atoms with Gasteiger partial charge in [0.1, 0.15) is 11.9 Å². The largest absolute Gasteiger partial charge is 0.489 e. The number of methoxy groups -OCH3 is 1. The fourth-order valence-corrected chi connectivity index (χ4v) is 3.17. The first-order valence-corrected chi connectivity index (χ1v) is 8.21. The second-order valence-corrected chi connectivity index (χ2v) is 6.13. The van der Waals surface area contributed by atoms with Gasteiger partial charge in [0.25, 0.3) is 0 Å². The third-order valence-corrected chi connectivity index (χ3v) is 4.43. The molecule has 1 aliphatic carbocycles. The summed E-state index contributed by atoms with van der Waals surface area (Å²) in [5.74, 6) is 0.982. The molecule has 0 spiro atoms. The number of hydrogen-bond donors (Lipinski definition) is 1. The van der Waals surface area contributed by atoms with Gasteiger partial charge in [0.05, 0.1) is 10.6 Å². The van der Waals surface area contributed by atoms with Crippen molar-refractivity contribution in [3.05, 3.63) is 28.2 Å². The van der Waals surface area contributed by atoms with Gasteiger partial charge in [0.2, 0.25) is 0 Å². The molecule has 2 rings (SSSR count). The highest BCUT2D eigenvalue weighted by Gasteiger charge is 2.24. The van der Waals surface area contributed by atoms with Crippen LogP contribution < -0.4 is 10.1 Å². The van der Waals surface area contributed by atoms with E-state index in [2.05, 4.69) is 40.3 Å². The third kappa shape index (κ3) is 4.21. The van der Waals surface area contributed by atoms with Crippen molar-refractivity contribution in [1.82, 2.24) is 5.32 Å².